The van der Waals surface area contributed by atoms with Gasteiger partial charge in [0.1, 0.15) is 0 Å². The second-order valence-electron chi connectivity index (χ2n) is 4.25. The van der Waals surface area contributed by atoms with Crippen molar-refractivity contribution in [1.29, 1.82) is 0 Å². The Hall–Kier alpha value is -0.730. The Kier molecular flexibility index (Phi) is 4.08. The van der Waals surface area contributed by atoms with Crippen LogP contribution in [0.15, 0.2) is 24.3 Å². The summed E-state index contributed by atoms with van der Waals surface area (Å²) < 4.78 is 5.42. The number of hydrogen-bond acceptors (Lipinski definition) is 2. The standard InChI is InChI=1S/C13H18ClNO/c1-16-13-3-2-8-15(10-13)12-6-4-11(9-14)5-7-12/h4-7,13H,2-3,8-10H2,1H3. The molecule has 3 heteroatoms. The SMILES string of the molecule is COC1CCCN(c2ccc(CCl)cc2)C1. The number of rotatable bonds is 3. The van der Waals surface area contributed by atoms with Crippen LogP contribution in [0.5, 0.6) is 0 Å². The molecule has 88 valence electrons. The van der Waals surface area contributed by atoms with Gasteiger partial charge >= 0.3 is 0 Å². The van der Waals surface area contributed by atoms with E-state index >= 15 is 0 Å². The largest absolute Gasteiger partial charge is 0.380 e. The molecule has 1 saturated heterocycles. The fourth-order valence-corrected chi connectivity index (χ4v) is 2.34. The molecule has 2 nitrogen and oxygen atoms in total. The lowest BCUT2D eigenvalue weighted by Gasteiger charge is -2.33. The molecule has 1 aromatic rings. The molecule has 0 amide bonds. The number of anilines is 1. The summed E-state index contributed by atoms with van der Waals surface area (Å²) in [5.74, 6) is 0.584. The predicted octanol–water partition coefficient (Wildman–Crippen LogP) is 3.04. The maximum Gasteiger partial charge on any atom is 0.0746 e. The molecule has 1 aromatic carbocycles. The molecule has 16 heavy (non-hydrogen) atoms. The third-order valence-corrected chi connectivity index (χ3v) is 3.48. The topological polar surface area (TPSA) is 12.5 Å². The molecule has 1 aliphatic heterocycles. The van der Waals surface area contributed by atoms with Gasteiger partial charge in [-0.1, -0.05) is 12.1 Å². The average Bonchev–Trinajstić information content (AvgIpc) is 2.39. The quantitative estimate of drug-likeness (QED) is 0.752. The zero-order chi connectivity index (χ0) is 11.4. The normalized spacial score (nSPS) is 21.1. The van der Waals surface area contributed by atoms with Gasteiger partial charge in [-0.3, -0.25) is 0 Å². The minimum Gasteiger partial charge on any atom is -0.380 e. The lowest BCUT2D eigenvalue weighted by Crippen LogP contribution is -2.39. The van der Waals surface area contributed by atoms with Gasteiger partial charge in [0.25, 0.3) is 0 Å². The third kappa shape index (κ3) is 2.69. The Morgan fingerprint density at radius 3 is 2.75 bits per heavy atom. The lowest BCUT2D eigenvalue weighted by atomic mass is 10.1. The molecular formula is C13H18ClNO. The molecule has 2 rings (SSSR count). The van der Waals surface area contributed by atoms with E-state index in [1.165, 1.54) is 24.1 Å². The Balaban J connectivity index is 2.05. The summed E-state index contributed by atoms with van der Waals surface area (Å²) in [7, 11) is 1.80. The number of nitrogens with zero attached hydrogens (tertiary/aromatic N) is 1. The maximum absolute atomic E-state index is 5.78. The zero-order valence-corrected chi connectivity index (χ0v) is 10.4. The highest BCUT2D eigenvalue weighted by atomic mass is 35.5. The molecule has 0 saturated carbocycles. The van der Waals surface area contributed by atoms with E-state index in [1.807, 2.05) is 0 Å². The molecular weight excluding hydrogens is 222 g/mol. The van der Waals surface area contributed by atoms with Crippen LogP contribution in [0.2, 0.25) is 0 Å². The Labute approximate surface area is 102 Å². The van der Waals surface area contributed by atoms with Crippen molar-refractivity contribution in [3.63, 3.8) is 0 Å². The second kappa shape index (κ2) is 5.55. The highest BCUT2D eigenvalue weighted by Gasteiger charge is 2.19. The number of hydrogen-bond donors (Lipinski definition) is 0. The van der Waals surface area contributed by atoms with Crippen molar-refractivity contribution in [2.45, 2.75) is 24.8 Å². The van der Waals surface area contributed by atoms with Gasteiger partial charge in [0.15, 0.2) is 0 Å². The van der Waals surface area contributed by atoms with Gasteiger partial charge in [0.2, 0.25) is 0 Å². The number of benzene rings is 1. The van der Waals surface area contributed by atoms with Gasteiger partial charge in [-0.05, 0) is 30.5 Å². The first-order valence-corrected chi connectivity index (χ1v) is 6.29. The van der Waals surface area contributed by atoms with Gasteiger partial charge in [-0.15, -0.1) is 11.6 Å². The zero-order valence-electron chi connectivity index (χ0n) is 9.66. The van der Waals surface area contributed by atoms with Crippen LogP contribution in [0.25, 0.3) is 0 Å². The molecule has 0 aliphatic carbocycles. The summed E-state index contributed by atoms with van der Waals surface area (Å²) in [5, 5.41) is 0. The monoisotopic (exact) mass is 239 g/mol. The van der Waals surface area contributed by atoms with Crippen LogP contribution in [0.4, 0.5) is 5.69 Å². The fourth-order valence-electron chi connectivity index (χ4n) is 2.16. The molecule has 0 spiro atoms. The van der Waals surface area contributed by atoms with E-state index < -0.39 is 0 Å². The number of methoxy groups -OCH3 is 1. The van der Waals surface area contributed by atoms with Crippen molar-refractivity contribution in [2.24, 2.45) is 0 Å². The van der Waals surface area contributed by atoms with Crippen molar-refractivity contribution < 1.29 is 4.74 Å². The molecule has 0 aromatic heterocycles. The van der Waals surface area contributed by atoms with Gasteiger partial charge in [-0.25, -0.2) is 0 Å². The van der Waals surface area contributed by atoms with Crippen LogP contribution in [0.1, 0.15) is 18.4 Å². The Morgan fingerprint density at radius 1 is 1.38 bits per heavy atom. The summed E-state index contributed by atoms with van der Waals surface area (Å²) in [6.45, 7) is 2.12. The van der Waals surface area contributed by atoms with Crippen LogP contribution in [-0.4, -0.2) is 26.3 Å². The van der Waals surface area contributed by atoms with Gasteiger partial charge < -0.3 is 9.64 Å². The summed E-state index contributed by atoms with van der Waals surface area (Å²) >= 11 is 5.78. The average molecular weight is 240 g/mol. The lowest BCUT2D eigenvalue weighted by molar-refractivity contribution is 0.0893. The smallest absolute Gasteiger partial charge is 0.0746 e. The van der Waals surface area contributed by atoms with Crippen LogP contribution in [-0.2, 0) is 10.6 Å². The van der Waals surface area contributed by atoms with E-state index in [0.29, 0.717) is 12.0 Å². The highest BCUT2D eigenvalue weighted by Crippen LogP contribution is 2.21. The minimum atomic E-state index is 0.376. The van der Waals surface area contributed by atoms with E-state index in [2.05, 4.69) is 29.2 Å². The summed E-state index contributed by atoms with van der Waals surface area (Å²) in [4.78, 5) is 2.38. The second-order valence-corrected chi connectivity index (χ2v) is 4.51. The van der Waals surface area contributed by atoms with Crippen molar-refractivity contribution in [3.8, 4) is 0 Å². The van der Waals surface area contributed by atoms with Crippen LogP contribution < -0.4 is 4.90 Å². The van der Waals surface area contributed by atoms with E-state index in [4.69, 9.17) is 16.3 Å². The third-order valence-electron chi connectivity index (χ3n) is 3.17. The summed E-state index contributed by atoms with van der Waals surface area (Å²) in [5.41, 5.74) is 2.45. The Bertz CT molecular complexity index is 325. The number of piperidine rings is 1. The van der Waals surface area contributed by atoms with E-state index in [1.54, 1.807) is 7.11 Å². The molecule has 0 N–H and O–H groups in total. The van der Waals surface area contributed by atoms with Crippen LogP contribution in [0.3, 0.4) is 0 Å². The molecule has 0 radical (unpaired) electrons. The van der Waals surface area contributed by atoms with Gasteiger partial charge in [0.05, 0.1) is 6.10 Å². The Morgan fingerprint density at radius 2 is 2.12 bits per heavy atom. The van der Waals surface area contributed by atoms with Crippen LogP contribution in [0, 0.1) is 0 Å². The van der Waals surface area contributed by atoms with Crippen molar-refractivity contribution in [2.75, 3.05) is 25.1 Å². The first kappa shape index (κ1) is 11.7. The summed E-state index contributed by atoms with van der Waals surface area (Å²) in [6, 6.07) is 8.49. The predicted molar refractivity (Wildman–Crippen MR) is 68.2 cm³/mol. The number of ether oxygens (including phenoxy) is 1. The van der Waals surface area contributed by atoms with E-state index in [9.17, 15) is 0 Å². The minimum absolute atomic E-state index is 0.376. The molecule has 1 heterocycles. The molecule has 1 fully saturated rings. The van der Waals surface area contributed by atoms with Gasteiger partial charge in [-0.2, -0.15) is 0 Å². The van der Waals surface area contributed by atoms with E-state index in [-0.39, 0.29) is 0 Å². The van der Waals surface area contributed by atoms with Crippen molar-refractivity contribution >= 4 is 17.3 Å². The molecule has 0 bridgehead atoms. The van der Waals surface area contributed by atoms with Crippen molar-refractivity contribution in [3.05, 3.63) is 29.8 Å². The first-order chi connectivity index (χ1) is 7.83. The maximum atomic E-state index is 5.78. The first-order valence-electron chi connectivity index (χ1n) is 5.76. The molecule has 1 unspecified atom stereocenters. The highest BCUT2D eigenvalue weighted by molar-refractivity contribution is 6.17. The van der Waals surface area contributed by atoms with Crippen LogP contribution >= 0.6 is 11.6 Å². The van der Waals surface area contributed by atoms with E-state index in [0.717, 1.165) is 13.1 Å². The van der Waals surface area contributed by atoms with Crippen molar-refractivity contribution in [1.82, 2.24) is 0 Å². The molecule has 1 atom stereocenters. The number of alkyl halides is 1. The summed E-state index contributed by atoms with van der Waals surface area (Å²) in [6.07, 6.45) is 2.75. The molecule has 1 aliphatic rings. The van der Waals surface area contributed by atoms with Gasteiger partial charge in [0, 0.05) is 31.8 Å². The number of halogens is 1. The fraction of sp³-hybridized carbons (Fsp3) is 0.538.